The van der Waals surface area contributed by atoms with Crippen molar-refractivity contribution in [2.75, 3.05) is 6.61 Å². The fourth-order valence-corrected chi connectivity index (χ4v) is 3.06. The molecule has 1 saturated carbocycles. The summed E-state index contributed by atoms with van der Waals surface area (Å²) in [5.41, 5.74) is 2.30. The summed E-state index contributed by atoms with van der Waals surface area (Å²) in [6.45, 7) is 0.542. The molecule has 1 aliphatic rings. The van der Waals surface area contributed by atoms with Gasteiger partial charge in [-0.15, -0.1) is 0 Å². The number of aromatic nitrogens is 4. The topological polar surface area (TPSA) is 63.8 Å². The molecule has 116 valence electrons. The van der Waals surface area contributed by atoms with Crippen molar-refractivity contribution in [2.24, 2.45) is 0 Å². The minimum atomic E-state index is 0.0644. The second kappa shape index (κ2) is 5.93. The smallest absolute Gasteiger partial charge is 0.181 e. The van der Waals surface area contributed by atoms with Crippen LogP contribution in [0.3, 0.4) is 0 Å². The van der Waals surface area contributed by atoms with Crippen molar-refractivity contribution in [3.63, 3.8) is 0 Å². The van der Waals surface area contributed by atoms with Crippen molar-refractivity contribution in [1.82, 2.24) is 19.7 Å². The van der Waals surface area contributed by atoms with E-state index in [4.69, 9.17) is 4.98 Å². The number of hydrogen-bond acceptors (Lipinski definition) is 4. The van der Waals surface area contributed by atoms with Crippen molar-refractivity contribution in [2.45, 2.75) is 24.8 Å². The van der Waals surface area contributed by atoms with Crippen LogP contribution in [0.5, 0.6) is 0 Å². The first kappa shape index (κ1) is 14.1. The molecule has 0 bridgehead atoms. The van der Waals surface area contributed by atoms with Gasteiger partial charge < -0.3 is 5.11 Å². The van der Waals surface area contributed by atoms with Crippen molar-refractivity contribution >= 4 is 0 Å². The zero-order valence-corrected chi connectivity index (χ0v) is 12.7. The van der Waals surface area contributed by atoms with E-state index in [2.05, 4.69) is 34.3 Å². The third kappa shape index (κ3) is 2.75. The zero-order valence-electron chi connectivity index (χ0n) is 12.7. The van der Waals surface area contributed by atoms with Crippen molar-refractivity contribution in [1.29, 1.82) is 0 Å². The van der Waals surface area contributed by atoms with Gasteiger partial charge in [0.1, 0.15) is 5.82 Å². The van der Waals surface area contributed by atoms with Gasteiger partial charge in [0.25, 0.3) is 0 Å². The van der Waals surface area contributed by atoms with E-state index in [1.165, 1.54) is 5.56 Å². The van der Waals surface area contributed by atoms with Gasteiger partial charge in [-0.05, 0) is 30.0 Å². The summed E-state index contributed by atoms with van der Waals surface area (Å²) < 4.78 is 1.85. The molecule has 2 heterocycles. The number of aliphatic hydroxyl groups excluding tert-OH is 1. The monoisotopic (exact) mass is 306 g/mol. The SMILES string of the molecule is OCCn1nc(-c2ccncc2)nc1[C@@H]1C[C@H]1c1ccccc1. The number of nitrogens with zero attached hydrogens (tertiary/aromatic N) is 4. The summed E-state index contributed by atoms with van der Waals surface area (Å²) in [5, 5.41) is 13.9. The fraction of sp³-hybridized carbons (Fsp3) is 0.278. The molecule has 1 aromatic carbocycles. The van der Waals surface area contributed by atoms with E-state index in [-0.39, 0.29) is 6.61 Å². The number of benzene rings is 1. The van der Waals surface area contributed by atoms with Gasteiger partial charge in [-0.25, -0.2) is 9.67 Å². The van der Waals surface area contributed by atoms with Crippen LogP contribution in [0.15, 0.2) is 54.9 Å². The highest BCUT2D eigenvalue weighted by molar-refractivity contribution is 5.53. The van der Waals surface area contributed by atoms with E-state index in [1.807, 2.05) is 22.9 Å². The molecule has 0 saturated heterocycles. The minimum Gasteiger partial charge on any atom is -0.394 e. The molecule has 0 spiro atoms. The van der Waals surface area contributed by atoms with Crippen molar-refractivity contribution < 1.29 is 5.11 Å². The molecule has 0 amide bonds. The average Bonchev–Trinajstić information content (AvgIpc) is 3.30. The lowest BCUT2D eigenvalue weighted by Gasteiger charge is -2.03. The highest BCUT2D eigenvalue weighted by Gasteiger charge is 2.43. The lowest BCUT2D eigenvalue weighted by molar-refractivity contribution is 0.267. The van der Waals surface area contributed by atoms with Crippen LogP contribution >= 0.6 is 0 Å². The van der Waals surface area contributed by atoms with Crippen LogP contribution in [-0.4, -0.2) is 31.5 Å². The fourth-order valence-electron chi connectivity index (χ4n) is 3.06. The Morgan fingerprint density at radius 3 is 2.57 bits per heavy atom. The van der Waals surface area contributed by atoms with Gasteiger partial charge in [-0.2, -0.15) is 5.10 Å². The average molecular weight is 306 g/mol. The van der Waals surface area contributed by atoms with E-state index in [9.17, 15) is 5.11 Å². The maximum atomic E-state index is 9.31. The maximum absolute atomic E-state index is 9.31. The predicted molar refractivity (Wildman–Crippen MR) is 86.9 cm³/mol. The first-order chi connectivity index (χ1) is 11.4. The van der Waals surface area contributed by atoms with Gasteiger partial charge in [-0.3, -0.25) is 4.98 Å². The maximum Gasteiger partial charge on any atom is 0.181 e. The first-order valence-electron chi connectivity index (χ1n) is 7.88. The number of hydrogen-bond donors (Lipinski definition) is 1. The molecule has 5 nitrogen and oxygen atoms in total. The lowest BCUT2D eigenvalue weighted by atomic mass is 10.1. The Balaban J connectivity index is 1.65. The van der Waals surface area contributed by atoms with Gasteiger partial charge in [0.2, 0.25) is 0 Å². The van der Waals surface area contributed by atoms with Crippen LogP contribution in [0.4, 0.5) is 0 Å². The van der Waals surface area contributed by atoms with Gasteiger partial charge in [-0.1, -0.05) is 30.3 Å². The zero-order chi connectivity index (χ0) is 15.6. The van der Waals surface area contributed by atoms with Crippen LogP contribution in [-0.2, 0) is 6.54 Å². The van der Waals surface area contributed by atoms with E-state index in [0.717, 1.165) is 17.8 Å². The largest absolute Gasteiger partial charge is 0.394 e. The second-order valence-corrected chi connectivity index (χ2v) is 5.84. The summed E-state index contributed by atoms with van der Waals surface area (Å²) >= 11 is 0. The molecule has 1 fully saturated rings. The van der Waals surface area contributed by atoms with Crippen LogP contribution in [0.25, 0.3) is 11.4 Å². The van der Waals surface area contributed by atoms with Crippen LogP contribution in [0.2, 0.25) is 0 Å². The molecule has 0 unspecified atom stereocenters. The number of aliphatic hydroxyl groups is 1. The quantitative estimate of drug-likeness (QED) is 0.787. The molecule has 23 heavy (non-hydrogen) atoms. The normalized spacial score (nSPS) is 19.7. The van der Waals surface area contributed by atoms with E-state index >= 15 is 0 Å². The predicted octanol–water partition coefficient (Wildman–Crippen LogP) is 2.60. The molecule has 2 atom stereocenters. The molecule has 0 aliphatic heterocycles. The van der Waals surface area contributed by atoms with Gasteiger partial charge in [0.15, 0.2) is 5.82 Å². The van der Waals surface area contributed by atoms with Crippen LogP contribution in [0.1, 0.15) is 29.6 Å². The first-order valence-corrected chi connectivity index (χ1v) is 7.88. The Morgan fingerprint density at radius 2 is 1.83 bits per heavy atom. The highest BCUT2D eigenvalue weighted by Crippen LogP contribution is 2.54. The Kier molecular flexibility index (Phi) is 3.63. The minimum absolute atomic E-state index is 0.0644. The van der Waals surface area contributed by atoms with Crippen molar-refractivity contribution in [3.05, 3.63) is 66.2 Å². The highest BCUT2D eigenvalue weighted by atomic mass is 16.3. The third-order valence-electron chi connectivity index (χ3n) is 4.30. The van der Waals surface area contributed by atoms with Crippen molar-refractivity contribution in [3.8, 4) is 11.4 Å². The molecule has 1 aliphatic carbocycles. The Morgan fingerprint density at radius 1 is 1.04 bits per heavy atom. The lowest BCUT2D eigenvalue weighted by Crippen LogP contribution is -2.08. The van der Waals surface area contributed by atoms with E-state index < -0.39 is 0 Å². The van der Waals surface area contributed by atoms with Gasteiger partial charge in [0.05, 0.1) is 13.2 Å². The molecule has 3 aromatic rings. The van der Waals surface area contributed by atoms with E-state index in [0.29, 0.717) is 24.2 Å². The Hall–Kier alpha value is -2.53. The molecule has 4 rings (SSSR count). The van der Waals surface area contributed by atoms with Crippen LogP contribution in [0, 0.1) is 0 Å². The molecular weight excluding hydrogens is 288 g/mol. The Labute approximate surface area is 134 Å². The summed E-state index contributed by atoms with van der Waals surface area (Å²) in [6, 6.07) is 14.3. The summed E-state index contributed by atoms with van der Waals surface area (Å²) in [5.74, 6) is 2.56. The molecule has 0 radical (unpaired) electrons. The second-order valence-electron chi connectivity index (χ2n) is 5.84. The van der Waals surface area contributed by atoms with Crippen LogP contribution < -0.4 is 0 Å². The molecule has 1 N–H and O–H groups in total. The van der Waals surface area contributed by atoms with Gasteiger partial charge in [0, 0.05) is 23.9 Å². The summed E-state index contributed by atoms with van der Waals surface area (Å²) in [4.78, 5) is 8.78. The molecule has 2 aromatic heterocycles. The standard InChI is InChI=1S/C18H18N4O/c23-11-10-22-18(16-12-15(16)13-4-2-1-3-5-13)20-17(21-22)14-6-8-19-9-7-14/h1-9,15-16,23H,10-12H2/t15-,16+/m0/s1. The summed E-state index contributed by atoms with van der Waals surface area (Å²) in [7, 11) is 0. The van der Waals surface area contributed by atoms with E-state index in [1.54, 1.807) is 12.4 Å². The third-order valence-corrected chi connectivity index (χ3v) is 4.30. The number of rotatable bonds is 5. The number of pyridine rings is 1. The van der Waals surface area contributed by atoms with Gasteiger partial charge >= 0.3 is 0 Å². The summed E-state index contributed by atoms with van der Waals surface area (Å²) in [6.07, 6.45) is 4.57. The molecule has 5 heteroatoms. The molecular formula is C18H18N4O. The Bertz CT molecular complexity index is 785.